The Balaban J connectivity index is 1.80. The van der Waals surface area contributed by atoms with Crippen LogP contribution in [0.1, 0.15) is 15.9 Å². The van der Waals surface area contributed by atoms with Crippen LogP contribution in [0.5, 0.6) is 5.75 Å². The molecule has 0 saturated heterocycles. The molecule has 0 atom stereocenters. The molecular weight excluding hydrogens is 320 g/mol. The van der Waals surface area contributed by atoms with Crippen molar-refractivity contribution in [3.05, 3.63) is 65.2 Å². The van der Waals surface area contributed by atoms with Crippen molar-refractivity contribution in [3.8, 4) is 5.75 Å². The van der Waals surface area contributed by atoms with Crippen LogP contribution in [-0.2, 0) is 16.1 Å². The van der Waals surface area contributed by atoms with Crippen LogP contribution in [0.15, 0.2) is 42.5 Å². The van der Waals surface area contributed by atoms with Gasteiger partial charge in [-0.15, -0.1) is 0 Å². The molecule has 24 heavy (non-hydrogen) atoms. The lowest BCUT2D eigenvalue weighted by atomic mass is 10.2. The number of halogens is 2. The average Bonchev–Trinajstić information content (AvgIpc) is 2.58. The third-order valence-corrected chi connectivity index (χ3v) is 3.13. The van der Waals surface area contributed by atoms with Gasteiger partial charge in [-0.1, -0.05) is 12.1 Å². The number of methoxy groups -OCH3 is 1. The highest BCUT2D eigenvalue weighted by molar-refractivity contribution is 5.91. The maximum Gasteiger partial charge on any atom is 0.341 e. The highest BCUT2D eigenvalue weighted by Gasteiger charge is 2.15. The number of rotatable bonds is 6. The summed E-state index contributed by atoms with van der Waals surface area (Å²) in [5.74, 6) is -2.73. The molecule has 2 aromatic carbocycles. The van der Waals surface area contributed by atoms with Crippen molar-refractivity contribution in [2.45, 2.75) is 6.54 Å². The first kappa shape index (κ1) is 17.4. The largest absolute Gasteiger partial charge is 0.497 e. The molecule has 126 valence electrons. The van der Waals surface area contributed by atoms with E-state index in [1.54, 1.807) is 31.4 Å². The predicted octanol–water partition coefficient (Wildman–Crippen LogP) is 2.45. The van der Waals surface area contributed by atoms with E-state index in [1.807, 2.05) is 0 Å². The Morgan fingerprint density at radius 1 is 1.08 bits per heavy atom. The molecule has 0 saturated carbocycles. The smallest absolute Gasteiger partial charge is 0.341 e. The number of amides is 1. The number of ether oxygens (including phenoxy) is 2. The maximum atomic E-state index is 13.4. The average molecular weight is 335 g/mol. The number of benzene rings is 2. The first-order valence-electron chi connectivity index (χ1n) is 7.01. The Hall–Kier alpha value is -2.96. The van der Waals surface area contributed by atoms with Gasteiger partial charge in [0.2, 0.25) is 0 Å². The van der Waals surface area contributed by atoms with E-state index in [1.165, 1.54) is 0 Å². The summed E-state index contributed by atoms with van der Waals surface area (Å²) in [6, 6.07) is 9.52. The molecule has 0 heterocycles. The van der Waals surface area contributed by atoms with E-state index in [0.717, 1.165) is 17.7 Å². The number of hydrogen-bond donors (Lipinski definition) is 1. The summed E-state index contributed by atoms with van der Waals surface area (Å²) in [7, 11) is 1.55. The Bertz CT molecular complexity index is 732. The fourth-order valence-corrected chi connectivity index (χ4v) is 1.86. The van der Waals surface area contributed by atoms with Gasteiger partial charge in [0.15, 0.2) is 6.61 Å². The first-order valence-corrected chi connectivity index (χ1v) is 7.01. The first-order chi connectivity index (χ1) is 11.5. The summed E-state index contributed by atoms with van der Waals surface area (Å²) >= 11 is 0. The summed E-state index contributed by atoms with van der Waals surface area (Å²) in [4.78, 5) is 23.3. The van der Waals surface area contributed by atoms with Gasteiger partial charge in [-0.05, 0) is 29.8 Å². The van der Waals surface area contributed by atoms with Gasteiger partial charge in [0.1, 0.15) is 17.4 Å². The van der Waals surface area contributed by atoms with Gasteiger partial charge in [-0.25, -0.2) is 13.6 Å². The van der Waals surface area contributed by atoms with Crippen LogP contribution in [0.3, 0.4) is 0 Å². The summed E-state index contributed by atoms with van der Waals surface area (Å²) in [6.07, 6.45) is 0. The van der Waals surface area contributed by atoms with E-state index >= 15 is 0 Å². The van der Waals surface area contributed by atoms with Gasteiger partial charge in [0, 0.05) is 12.6 Å². The summed E-state index contributed by atoms with van der Waals surface area (Å²) in [5, 5.41) is 2.56. The molecule has 0 spiro atoms. The normalized spacial score (nSPS) is 10.1. The minimum Gasteiger partial charge on any atom is -0.497 e. The number of carbonyl (C=O) groups is 2. The van der Waals surface area contributed by atoms with Crippen molar-refractivity contribution >= 4 is 11.9 Å². The zero-order chi connectivity index (χ0) is 17.5. The molecule has 1 amide bonds. The monoisotopic (exact) mass is 335 g/mol. The number of carbonyl (C=O) groups excluding carboxylic acids is 2. The van der Waals surface area contributed by atoms with Gasteiger partial charge < -0.3 is 14.8 Å². The standard InChI is InChI=1S/C17H15F2NO4/c1-23-13-5-2-11(3-6-13)9-20-16(21)10-24-17(22)14-7-4-12(18)8-15(14)19/h2-8H,9-10H2,1H3,(H,20,21). The molecule has 1 N–H and O–H groups in total. The maximum absolute atomic E-state index is 13.4. The fourth-order valence-electron chi connectivity index (χ4n) is 1.86. The molecule has 5 nitrogen and oxygen atoms in total. The zero-order valence-corrected chi connectivity index (χ0v) is 12.8. The molecule has 2 aromatic rings. The molecule has 0 aliphatic rings. The van der Waals surface area contributed by atoms with Gasteiger partial charge >= 0.3 is 5.97 Å². The van der Waals surface area contributed by atoms with Crippen LogP contribution >= 0.6 is 0 Å². The molecule has 7 heteroatoms. The van der Waals surface area contributed by atoms with E-state index in [9.17, 15) is 18.4 Å². The van der Waals surface area contributed by atoms with Crippen LogP contribution in [0.25, 0.3) is 0 Å². The highest BCUT2D eigenvalue weighted by atomic mass is 19.1. The predicted molar refractivity (Wildman–Crippen MR) is 81.5 cm³/mol. The van der Waals surface area contributed by atoms with Gasteiger partial charge in [0.05, 0.1) is 12.7 Å². The van der Waals surface area contributed by atoms with Crippen molar-refractivity contribution in [3.63, 3.8) is 0 Å². The minimum absolute atomic E-state index is 0.241. The van der Waals surface area contributed by atoms with E-state index in [4.69, 9.17) is 9.47 Å². The summed E-state index contributed by atoms with van der Waals surface area (Å²) < 4.78 is 35.9. The Morgan fingerprint density at radius 3 is 2.42 bits per heavy atom. The molecule has 0 aliphatic heterocycles. The zero-order valence-electron chi connectivity index (χ0n) is 12.8. The van der Waals surface area contributed by atoms with Crippen LogP contribution < -0.4 is 10.1 Å². The SMILES string of the molecule is COc1ccc(CNC(=O)COC(=O)c2ccc(F)cc2F)cc1. The lowest BCUT2D eigenvalue weighted by Gasteiger charge is -2.08. The quantitative estimate of drug-likeness (QED) is 0.824. The van der Waals surface area contributed by atoms with Gasteiger partial charge in [0.25, 0.3) is 5.91 Å². The lowest BCUT2D eigenvalue weighted by molar-refractivity contribution is -0.124. The van der Waals surface area contributed by atoms with E-state index in [0.29, 0.717) is 11.8 Å². The second-order valence-electron chi connectivity index (χ2n) is 4.83. The number of hydrogen-bond acceptors (Lipinski definition) is 4. The third-order valence-electron chi connectivity index (χ3n) is 3.13. The van der Waals surface area contributed by atoms with E-state index in [2.05, 4.69) is 5.32 Å². The van der Waals surface area contributed by atoms with E-state index in [-0.39, 0.29) is 6.54 Å². The lowest BCUT2D eigenvalue weighted by Crippen LogP contribution is -2.28. The van der Waals surface area contributed by atoms with Crippen molar-refractivity contribution in [1.82, 2.24) is 5.32 Å². The summed E-state index contributed by atoms with van der Waals surface area (Å²) in [6.45, 7) is -0.322. The summed E-state index contributed by atoms with van der Waals surface area (Å²) in [5.41, 5.74) is 0.402. The third kappa shape index (κ3) is 4.77. The van der Waals surface area contributed by atoms with Crippen molar-refractivity contribution in [1.29, 1.82) is 0 Å². The van der Waals surface area contributed by atoms with E-state index < -0.39 is 35.7 Å². The highest BCUT2D eigenvalue weighted by Crippen LogP contribution is 2.12. The molecule has 0 radical (unpaired) electrons. The van der Waals surface area contributed by atoms with Crippen LogP contribution in [0.4, 0.5) is 8.78 Å². The molecular formula is C17H15F2NO4. The number of nitrogens with one attached hydrogen (secondary N) is 1. The molecule has 2 rings (SSSR count). The molecule has 0 unspecified atom stereocenters. The van der Waals surface area contributed by atoms with Gasteiger partial charge in [-0.2, -0.15) is 0 Å². The Kier molecular flexibility index (Phi) is 5.83. The Morgan fingerprint density at radius 2 is 1.79 bits per heavy atom. The van der Waals surface area contributed by atoms with Crippen LogP contribution in [-0.4, -0.2) is 25.6 Å². The minimum atomic E-state index is -1.04. The molecule has 0 aromatic heterocycles. The second-order valence-corrected chi connectivity index (χ2v) is 4.83. The second kappa shape index (κ2) is 8.05. The van der Waals surface area contributed by atoms with Crippen molar-refractivity contribution in [2.24, 2.45) is 0 Å². The van der Waals surface area contributed by atoms with Crippen molar-refractivity contribution in [2.75, 3.05) is 13.7 Å². The topological polar surface area (TPSA) is 64.6 Å². The molecule has 0 aliphatic carbocycles. The fraction of sp³-hybridized carbons (Fsp3) is 0.176. The number of esters is 1. The van der Waals surface area contributed by atoms with Crippen LogP contribution in [0, 0.1) is 11.6 Å². The molecule has 0 bridgehead atoms. The van der Waals surface area contributed by atoms with Gasteiger partial charge in [-0.3, -0.25) is 4.79 Å². The van der Waals surface area contributed by atoms with Crippen LogP contribution in [0.2, 0.25) is 0 Å². The molecule has 0 fully saturated rings. The van der Waals surface area contributed by atoms with Crippen molar-refractivity contribution < 1.29 is 27.8 Å². The Labute approximate surface area is 137 Å².